The van der Waals surface area contributed by atoms with Crippen molar-refractivity contribution in [2.24, 2.45) is 0 Å². The molecule has 11 unspecified atom stereocenters. The van der Waals surface area contributed by atoms with Gasteiger partial charge in [-0.15, -0.1) is 0 Å². The molecule has 1 amide bonds. The van der Waals surface area contributed by atoms with Crippen LogP contribution in [0.5, 0.6) is 0 Å². The quantitative estimate of drug-likeness (QED) is 0.0606. The molecule has 66 heavy (non-hydrogen) atoms. The molecule has 29 heteroatoms. The maximum atomic E-state index is 12.8. The van der Waals surface area contributed by atoms with Crippen LogP contribution in [0.1, 0.15) is 20.3 Å². The molecule has 0 aliphatic carbocycles. The monoisotopic (exact) mass is 968 g/mol. The number of aliphatic hydroxyl groups is 15. The number of carboxylic acid groups (broad SMARTS) is 1. The van der Waals surface area contributed by atoms with Gasteiger partial charge in [0.2, 0.25) is 11.7 Å². The van der Waals surface area contributed by atoms with E-state index in [4.69, 9.17) is 47.4 Å². The highest BCUT2D eigenvalue weighted by Crippen LogP contribution is 2.39. The lowest BCUT2D eigenvalue weighted by Gasteiger charge is -2.52. The van der Waals surface area contributed by atoms with Crippen LogP contribution < -0.4 is 10.4 Å². The number of methoxy groups -OCH3 is 1. The number of nitrogens with one attached hydrogen (secondary N) is 1. The number of carboxylic acids is 1. The Morgan fingerprint density at radius 1 is 0.667 bits per heavy atom. The zero-order chi connectivity index (χ0) is 49.1. The molecule has 384 valence electrons. The van der Waals surface area contributed by atoms with E-state index in [1.165, 1.54) is 14.0 Å². The van der Waals surface area contributed by atoms with Gasteiger partial charge in [0.25, 0.3) is 0 Å². The van der Waals surface area contributed by atoms with Crippen molar-refractivity contribution >= 4 is 11.9 Å². The largest absolute Gasteiger partial charge is 0.544 e. The number of hydrogen-bond donors (Lipinski definition) is 16. The van der Waals surface area contributed by atoms with Crippen molar-refractivity contribution in [3.8, 4) is 0 Å². The molecule has 0 aromatic rings. The maximum Gasteiger partial charge on any atom is 0.217 e. The van der Waals surface area contributed by atoms with Gasteiger partial charge in [0, 0.05) is 20.5 Å². The molecule has 0 aromatic carbocycles. The number of carbonyl (C=O) groups is 2. The van der Waals surface area contributed by atoms with Crippen LogP contribution in [-0.4, -0.2) is 288 Å². The van der Waals surface area contributed by atoms with Crippen molar-refractivity contribution in [2.75, 3.05) is 40.1 Å². The Morgan fingerprint density at radius 3 is 1.61 bits per heavy atom. The number of ether oxygens (including phenoxy) is 10. The number of aliphatic carboxylic acids is 1. The maximum absolute atomic E-state index is 12.8. The second kappa shape index (κ2) is 23.2. The summed E-state index contributed by atoms with van der Waals surface area (Å²) in [5.74, 6) is -6.37. The summed E-state index contributed by atoms with van der Waals surface area (Å²) in [5.41, 5.74) is 0. The van der Waals surface area contributed by atoms with E-state index in [0.29, 0.717) is 0 Å². The zero-order valence-electron chi connectivity index (χ0n) is 35.7. The predicted molar refractivity (Wildman–Crippen MR) is 201 cm³/mol. The summed E-state index contributed by atoms with van der Waals surface area (Å²) in [6.07, 6.45) is -46.7. The van der Waals surface area contributed by atoms with Crippen molar-refractivity contribution in [3.05, 3.63) is 0 Å². The third kappa shape index (κ3) is 11.4. The number of rotatable bonds is 18. The third-order valence-corrected chi connectivity index (χ3v) is 12.1. The zero-order valence-corrected chi connectivity index (χ0v) is 35.7. The molecule has 0 radical (unpaired) electrons. The highest BCUT2D eigenvalue weighted by atomic mass is 16.8. The Balaban J connectivity index is 1.41. The number of amides is 1. The molecule has 5 saturated heterocycles. The van der Waals surface area contributed by atoms with Gasteiger partial charge in [-0.2, -0.15) is 0 Å². The van der Waals surface area contributed by atoms with Gasteiger partial charge < -0.3 is 139 Å². The van der Waals surface area contributed by atoms with Crippen LogP contribution in [-0.2, 0) is 57.0 Å². The molecule has 0 spiro atoms. The minimum Gasteiger partial charge on any atom is -0.544 e. The van der Waals surface area contributed by atoms with E-state index in [0.717, 1.165) is 6.92 Å². The molecule has 0 saturated carbocycles. The van der Waals surface area contributed by atoms with Gasteiger partial charge >= 0.3 is 0 Å². The first-order valence-electron chi connectivity index (χ1n) is 20.9. The molecule has 0 bridgehead atoms. The van der Waals surface area contributed by atoms with E-state index >= 15 is 0 Å². The molecule has 26 atom stereocenters. The summed E-state index contributed by atoms with van der Waals surface area (Å²) in [7, 11) is 1.18. The number of aliphatic hydroxyl groups excluding tert-OH is 15. The molecule has 16 N–H and O–H groups in total. The Hall–Kier alpha value is -2.06. The van der Waals surface area contributed by atoms with Gasteiger partial charge in [-0.1, -0.05) is 0 Å². The molecule has 5 fully saturated rings. The summed E-state index contributed by atoms with van der Waals surface area (Å²) >= 11 is 0. The van der Waals surface area contributed by atoms with Crippen LogP contribution in [0.3, 0.4) is 0 Å². The smallest absolute Gasteiger partial charge is 0.217 e. The van der Waals surface area contributed by atoms with Crippen molar-refractivity contribution in [1.82, 2.24) is 5.32 Å². The third-order valence-electron chi connectivity index (χ3n) is 12.1. The van der Waals surface area contributed by atoms with Gasteiger partial charge in [-0.25, -0.2) is 0 Å². The van der Waals surface area contributed by atoms with Crippen molar-refractivity contribution in [1.29, 1.82) is 0 Å². The van der Waals surface area contributed by atoms with E-state index in [1.54, 1.807) is 0 Å². The Morgan fingerprint density at radius 2 is 1.14 bits per heavy atom. The molecule has 0 aromatic heterocycles. The SMILES string of the molecule is COCC1O[C@@H](O[C@@H]2C(O)[C@H](O[C@@H]3C(CO)O[C@@H](C)[C@@H](O)C3O)OC(CO)[C@@H]2O)[C@@H](O)C(O[C@@H]2OC(CO)[C@H](O)C(O[C@]3(C(=O)[O-])C[C@@H](O)[C@@H](NC(C)=O)C(C(O)C(O)CO)O3)[C@@H]2O)[C@@H]1O. The molecule has 5 rings (SSSR count). The molecular weight excluding hydrogens is 906 g/mol. The first kappa shape index (κ1) is 54.9. The lowest BCUT2D eigenvalue weighted by molar-refractivity contribution is -0.413. The van der Waals surface area contributed by atoms with E-state index in [1.807, 2.05) is 0 Å². The Labute approximate surface area is 375 Å². The Bertz CT molecular complexity index is 1550. The molecule has 5 heterocycles. The standard InChI is InChI=1S/C37H63NO28/c1-10-19(46)24(51)28(16(8-42)58-10)62-33-25(52)30(21(48)14(6-40)59-33)63-34-26(53)31(23(50)17(61-34)9-57-3)64-35-27(54)32(22(49)15(7-41)60-35)66-37(36(55)56)4-12(44)18(38-11(2)43)29(65-37)20(47)13(45)5-39/h10,12-35,39-42,44-54H,4-9H2,1-3H3,(H,38,43)(H,55,56)/p-1/t10-,12+,13?,14?,15?,16?,17?,18+,19+,20?,21-,22-,23+,24?,25?,26-,27-,28+,29?,30-,31?,32?,33-,34-,35-,37-/m0/s1. The van der Waals surface area contributed by atoms with Gasteiger partial charge in [-0.3, -0.25) is 4.79 Å². The Kier molecular flexibility index (Phi) is 19.3. The van der Waals surface area contributed by atoms with E-state index < -0.39 is 210 Å². The fourth-order valence-electron chi connectivity index (χ4n) is 8.47. The van der Waals surface area contributed by atoms with Gasteiger partial charge in [0.15, 0.2) is 18.9 Å². The average molecular weight is 969 g/mol. The molecule has 29 nitrogen and oxygen atoms in total. The van der Waals surface area contributed by atoms with E-state index in [9.17, 15) is 91.3 Å². The van der Waals surface area contributed by atoms with Gasteiger partial charge in [-0.05, 0) is 6.92 Å². The highest BCUT2D eigenvalue weighted by Gasteiger charge is 2.59. The van der Waals surface area contributed by atoms with Crippen molar-refractivity contribution in [3.63, 3.8) is 0 Å². The van der Waals surface area contributed by atoms with E-state index in [-0.39, 0.29) is 0 Å². The molecule has 5 aliphatic rings. The van der Waals surface area contributed by atoms with Gasteiger partial charge in [0.05, 0.1) is 51.3 Å². The van der Waals surface area contributed by atoms with Crippen LogP contribution in [0.2, 0.25) is 0 Å². The minimum absolute atomic E-state index is 0.483. The first-order valence-corrected chi connectivity index (χ1v) is 20.9. The normalized spacial score (nSPS) is 47.8. The van der Waals surface area contributed by atoms with E-state index in [2.05, 4.69) is 5.32 Å². The summed E-state index contributed by atoms with van der Waals surface area (Å²) < 4.78 is 55.9. The van der Waals surface area contributed by atoms with Crippen LogP contribution >= 0.6 is 0 Å². The average Bonchev–Trinajstić information content (AvgIpc) is 3.28. The van der Waals surface area contributed by atoms with Crippen LogP contribution in [0.4, 0.5) is 0 Å². The highest BCUT2D eigenvalue weighted by molar-refractivity contribution is 5.75. The second-order valence-electron chi connectivity index (χ2n) is 16.7. The van der Waals surface area contributed by atoms with Crippen LogP contribution in [0, 0.1) is 0 Å². The minimum atomic E-state index is -3.26. The first-order chi connectivity index (χ1) is 31.1. The summed E-state index contributed by atoms with van der Waals surface area (Å²) in [6.45, 7) is -1.97. The summed E-state index contributed by atoms with van der Waals surface area (Å²) in [5, 5.41) is 176. The van der Waals surface area contributed by atoms with Crippen LogP contribution in [0.15, 0.2) is 0 Å². The predicted octanol–water partition coefficient (Wildman–Crippen LogP) is -12.2. The van der Waals surface area contributed by atoms with Crippen LogP contribution in [0.25, 0.3) is 0 Å². The second-order valence-corrected chi connectivity index (χ2v) is 16.7. The fourth-order valence-corrected chi connectivity index (χ4v) is 8.47. The fraction of sp³-hybridized carbons (Fsp3) is 0.946. The lowest BCUT2D eigenvalue weighted by atomic mass is 9.88. The van der Waals surface area contributed by atoms with Gasteiger partial charge in [0.1, 0.15) is 122 Å². The van der Waals surface area contributed by atoms with Crippen molar-refractivity contribution < 1.29 is 139 Å². The molecular formula is C37H62NO28-. The summed E-state index contributed by atoms with van der Waals surface area (Å²) in [6, 6.07) is -1.65. The van der Waals surface area contributed by atoms with Crippen molar-refractivity contribution in [2.45, 2.75) is 179 Å². The molecule has 5 aliphatic heterocycles. The number of carbonyl (C=O) groups excluding carboxylic acids is 2. The number of hydrogen-bond acceptors (Lipinski definition) is 28. The topological polar surface area (TPSA) is 465 Å². The summed E-state index contributed by atoms with van der Waals surface area (Å²) in [4.78, 5) is 24.8. The lowest BCUT2D eigenvalue weighted by Crippen LogP contribution is -2.72.